The van der Waals surface area contributed by atoms with E-state index in [0.717, 1.165) is 44.0 Å². The lowest BCUT2D eigenvalue weighted by atomic mass is 10.2. The summed E-state index contributed by atoms with van der Waals surface area (Å²) in [5.74, 6) is 0. The van der Waals surface area contributed by atoms with Gasteiger partial charge in [0.1, 0.15) is 0 Å². The molecule has 0 unspecified atom stereocenters. The molecule has 0 N–H and O–H groups in total. The van der Waals surface area contributed by atoms with Gasteiger partial charge in [-0.15, -0.1) is 0 Å². The zero-order valence-corrected chi connectivity index (χ0v) is 15.7. The lowest BCUT2D eigenvalue weighted by molar-refractivity contribution is 0.142. The highest BCUT2D eigenvalue weighted by atomic mass is 16.2. The van der Waals surface area contributed by atoms with Crippen molar-refractivity contribution >= 4 is 11.7 Å². The molecule has 1 aliphatic rings. The number of piperazine rings is 1. The van der Waals surface area contributed by atoms with E-state index in [2.05, 4.69) is 24.0 Å². The zero-order valence-electron chi connectivity index (χ0n) is 15.7. The quantitative estimate of drug-likeness (QED) is 0.779. The molecule has 1 aliphatic heterocycles. The summed E-state index contributed by atoms with van der Waals surface area (Å²) >= 11 is 0. The summed E-state index contributed by atoms with van der Waals surface area (Å²) < 4.78 is 0. The van der Waals surface area contributed by atoms with Crippen LogP contribution in [0.15, 0.2) is 60.7 Å². The Bertz CT molecular complexity index is 666. The number of unbranched alkanes of at least 4 members (excludes halogenated alkanes) is 1. The van der Waals surface area contributed by atoms with Gasteiger partial charge in [-0.1, -0.05) is 61.9 Å². The second-order valence-corrected chi connectivity index (χ2v) is 6.87. The highest BCUT2D eigenvalue weighted by Gasteiger charge is 2.26. The summed E-state index contributed by atoms with van der Waals surface area (Å²) in [6.07, 6.45) is 2.45. The third-order valence-electron chi connectivity index (χ3n) is 4.95. The molecule has 4 heteroatoms. The summed E-state index contributed by atoms with van der Waals surface area (Å²) in [6, 6.07) is 20.3. The second-order valence-electron chi connectivity index (χ2n) is 6.87. The first kappa shape index (κ1) is 18.5. The molecule has 0 radical (unpaired) electrons. The molecule has 2 aromatic carbocycles. The molecular weight excluding hydrogens is 322 g/mol. The largest absolute Gasteiger partial charge is 0.324 e. The van der Waals surface area contributed by atoms with Crippen LogP contribution in [0.3, 0.4) is 0 Å². The Morgan fingerprint density at radius 1 is 0.923 bits per heavy atom. The third kappa shape index (κ3) is 4.85. The van der Waals surface area contributed by atoms with Crippen molar-refractivity contribution in [1.82, 2.24) is 9.80 Å². The minimum absolute atomic E-state index is 0.107. The van der Waals surface area contributed by atoms with Crippen LogP contribution >= 0.6 is 0 Å². The van der Waals surface area contributed by atoms with Crippen LogP contribution in [0.4, 0.5) is 10.5 Å². The van der Waals surface area contributed by atoms with Gasteiger partial charge in [-0.2, -0.15) is 0 Å². The van der Waals surface area contributed by atoms with E-state index in [4.69, 9.17) is 0 Å². The van der Waals surface area contributed by atoms with Crippen LogP contribution in [0.1, 0.15) is 25.3 Å². The fourth-order valence-electron chi connectivity index (χ4n) is 3.36. The van der Waals surface area contributed by atoms with E-state index in [1.165, 1.54) is 12.8 Å². The van der Waals surface area contributed by atoms with Gasteiger partial charge in [-0.05, 0) is 30.7 Å². The van der Waals surface area contributed by atoms with Crippen molar-refractivity contribution in [1.29, 1.82) is 0 Å². The number of amides is 2. The Morgan fingerprint density at radius 2 is 1.54 bits per heavy atom. The van der Waals surface area contributed by atoms with Gasteiger partial charge in [-0.3, -0.25) is 9.80 Å². The second kappa shape index (κ2) is 9.39. The maximum Gasteiger partial charge on any atom is 0.324 e. The molecule has 0 spiro atoms. The predicted molar refractivity (Wildman–Crippen MR) is 107 cm³/mol. The van der Waals surface area contributed by atoms with Crippen LogP contribution in [-0.2, 0) is 6.54 Å². The van der Waals surface area contributed by atoms with Crippen molar-refractivity contribution in [3.8, 4) is 0 Å². The Morgan fingerprint density at radius 3 is 2.15 bits per heavy atom. The molecule has 1 fully saturated rings. The smallest absolute Gasteiger partial charge is 0.322 e. The van der Waals surface area contributed by atoms with Crippen molar-refractivity contribution in [2.75, 3.05) is 37.6 Å². The lowest BCUT2D eigenvalue weighted by Gasteiger charge is -2.37. The number of hydrogen-bond donors (Lipinski definition) is 0. The molecule has 0 atom stereocenters. The summed E-state index contributed by atoms with van der Waals surface area (Å²) in [6.45, 7) is 7.52. The molecule has 0 bridgehead atoms. The van der Waals surface area contributed by atoms with E-state index >= 15 is 0 Å². The average Bonchev–Trinajstić information content (AvgIpc) is 2.72. The number of rotatable bonds is 6. The van der Waals surface area contributed by atoms with E-state index in [9.17, 15) is 4.79 Å². The standard InChI is InChI=1S/C22H29N3O/c1-2-3-14-23-15-17-24(18-16-23)22(26)25(21-12-8-5-9-13-21)19-20-10-6-4-7-11-20/h4-13H,2-3,14-19H2,1H3. The first-order chi connectivity index (χ1) is 12.8. The first-order valence-electron chi connectivity index (χ1n) is 9.65. The zero-order chi connectivity index (χ0) is 18.2. The van der Waals surface area contributed by atoms with E-state index in [1.807, 2.05) is 58.3 Å². The average molecular weight is 351 g/mol. The summed E-state index contributed by atoms with van der Waals surface area (Å²) in [4.78, 5) is 19.6. The minimum Gasteiger partial charge on any atom is -0.322 e. The molecule has 2 aromatic rings. The van der Waals surface area contributed by atoms with Gasteiger partial charge in [0, 0.05) is 31.9 Å². The minimum atomic E-state index is 0.107. The maximum atomic E-state index is 13.3. The molecule has 138 valence electrons. The van der Waals surface area contributed by atoms with E-state index in [1.54, 1.807) is 0 Å². The van der Waals surface area contributed by atoms with E-state index in [0.29, 0.717) is 6.54 Å². The van der Waals surface area contributed by atoms with Crippen LogP contribution in [0.25, 0.3) is 0 Å². The van der Waals surface area contributed by atoms with Crippen LogP contribution in [-0.4, -0.2) is 48.6 Å². The fourth-order valence-corrected chi connectivity index (χ4v) is 3.36. The van der Waals surface area contributed by atoms with E-state index in [-0.39, 0.29) is 6.03 Å². The van der Waals surface area contributed by atoms with Crippen LogP contribution in [0.5, 0.6) is 0 Å². The van der Waals surface area contributed by atoms with Gasteiger partial charge in [0.15, 0.2) is 0 Å². The molecule has 0 saturated carbocycles. The SMILES string of the molecule is CCCCN1CCN(C(=O)N(Cc2ccccc2)c2ccccc2)CC1. The summed E-state index contributed by atoms with van der Waals surface area (Å²) in [7, 11) is 0. The Kier molecular flexibility index (Phi) is 6.67. The van der Waals surface area contributed by atoms with Crippen molar-refractivity contribution in [2.24, 2.45) is 0 Å². The number of urea groups is 1. The van der Waals surface area contributed by atoms with Gasteiger partial charge in [-0.25, -0.2) is 4.79 Å². The molecule has 3 rings (SSSR count). The molecular formula is C22H29N3O. The molecule has 4 nitrogen and oxygen atoms in total. The van der Waals surface area contributed by atoms with Crippen molar-refractivity contribution in [3.05, 3.63) is 66.2 Å². The van der Waals surface area contributed by atoms with Gasteiger partial charge >= 0.3 is 6.03 Å². The topological polar surface area (TPSA) is 26.8 Å². The van der Waals surface area contributed by atoms with Crippen molar-refractivity contribution in [3.63, 3.8) is 0 Å². The molecule has 26 heavy (non-hydrogen) atoms. The fraction of sp³-hybridized carbons (Fsp3) is 0.409. The predicted octanol–water partition coefficient (Wildman–Crippen LogP) is 4.23. The van der Waals surface area contributed by atoms with E-state index < -0.39 is 0 Å². The number of nitrogens with zero attached hydrogens (tertiary/aromatic N) is 3. The van der Waals surface area contributed by atoms with Crippen LogP contribution < -0.4 is 4.90 Å². The highest BCUT2D eigenvalue weighted by molar-refractivity contribution is 5.92. The number of anilines is 1. The Hall–Kier alpha value is -2.33. The van der Waals surface area contributed by atoms with Crippen LogP contribution in [0, 0.1) is 0 Å². The summed E-state index contributed by atoms with van der Waals surface area (Å²) in [5.41, 5.74) is 2.10. The molecule has 2 amide bonds. The first-order valence-corrected chi connectivity index (χ1v) is 9.65. The normalized spacial score (nSPS) is 15.0. The van der Waals surface area contributed by atoms with Crippen molar-refractivity contribution in [2.45, 2.75) is 26.3 Å². The molecule has 1 saturated heterocycles. The van der Waals surface area contributed by atoms with Crippen molar-refractivity contribution < 1.29 is 4.79 Å². The van der Waals surface area contributed by atoms with Gasteiger partial charge in [0.25, 0.3) is 0 Å². The molecule has 0 aliphatic carbocycles. The number of para-hydroxylation sites is 1. The number of carbonyl (C=O) groups is 1. The Labute approximate surface area is 157 Å². The van der Waals surface area contributed by atoms with Gasteiger partial charge in [0.2, 0.25) is 0 Å². The third-order valence-corrected chi connectivity index (χ3v) is 4.95. The van der Waals surface area contributed by atoms with Gasteiger partial charge in [0.05, 0.1) is 6.54 Å². The van der Waals surface area contributed by atoms with Gasteiger partial charge < -0.3 is 4.90 Å². The highest BCUT2D eigenvalue weighted by Crippen LogP contribution is 2.20. The maximum absolute atomic E-state index is 13.3. The number of benzene rings is 2. The Balaban J connectivity index is 1.69. The molecule has 1 heterocycles. The monoisotopic (exact) mass is 351 g/mol. The lowest BCUT2D eigenvalue weighted by Crippen LogP contribution is -2.53. The molecule has 0 aromatic heterocycles. The van der Waals surface area contributed by atoms with Crippen LogP contribution in [0.2, 0.25) is 0 Å². The number of carbonyl (C=O) groups excluding carboxylic acids is 1. The summed E-state index contributed by atoms with van der Waals surface area (Å²) in [5, 5.41) is 0. The number of hydrogen-bond acceptors (Lipinski definition) is 2.